The van der Waals surface area contributed by atoms with Crippen molar-refractivity contribution < 1.29 is 33.5 Å². The van der Waals surface area contributed by atoms with Gasteiger partial charge in [0.15, 0.2) is 6.61 Å². The molecule has 12 heteroatoms. The molecule has 1 N–H and O–H groups in total. The molecule has 4 rings (SSSR count). The third-order valence-electron chi connectivity index (χ3n) is 6.34. The summed E-state index contributed by atoms with van der Waals surface area (Å²) in [6.07, 6.45) is 2.48. The zero-order valence-corrected chi connectivity index (χ0v) is 21.6. The third-order valence-corrected chi connectivity index (χ3v) is 7.51. The van der Waals surface area contributed by atoms with Crippen molar-refractivity contribution >= 4 is 45.6 Å². The number of fused-ring (bicyclic) bond motifs is 1. The number of non-ortho nitro benzene ring substituents is 1. The van der Waals surface area contributed by atoms with Crippen LogP contribution in [0.3, 0.4) is 0 Å². The Morgan fingerprint density at radius 1 is 1.22 bits per heavy atom. The molecule has 2 aromatic rings. The first-order chi connectivity index (χ1) is 17.8. The van der Waals surface area contributed by atoms with Gasteiger partial charge in [0.25, 0.3) is 11.6 Å². The summed E-state index contributed by atoms with van der Waals surface area (Å²) in [7, 11) is 0. The minimum Gasteiger partial charge on any atom is -0.462 e. The number of hydrogen-bond acceptors (Lipinski definition) is 10. The predicted octanol–water partition coefficient (Wildman–Crippen LogP) is 3.59. The van der Waals surface area contributed by atoms with Crippen LogP contribution in [0, 0.1) is 16.0 Å². The molecule has 198 valence electrons. The van der Waals surface area contributed by atoms with Crippen LogP contribution < -0.4 is 10.2 Å². The van der Waals surface area contributed by atoms with Crippen LogP contribution in [0.5, 0.6) is 0 Å². The van der Waals surface area contributed by atoms with Crippen molar-refractivity contribution in [1.82, 2.24) is 0 Å². The largest absolute Gasteiger partial charge is 0.462 e. The van der Waals surface area contributed by atoms with E-state index in [-0.39, 0.29) is 17.9 Å². The zero-order valence-electron chi connectivity index (χ0n) is 20.7. The van der Waals surface area contributed by atoms with Crippen molar-refractivity contribution in [3.05, 3.63) is 49.9 Å². The maximum Gasteiger partial charge on any atom is 0.341 e. The van der Waals surface area contributed by atoms with Gasteiger partial charge in [-0.15, -0.1) is 11.3 Å². The number of esters is 2. The molecular weight excluding hydrogens is 502 g/mol. The lowest BCUT2D eigenvalue weighted by atomic mass is 9.88. The maximum absolute atomic E-state index is 12.9. The summed E-state index contributed by atoms with van der Waals surface area (Å²) in [4.78, 5) is 52.0. The smallest absolute Gasteiger partial charge is 0.341 e. The molecular formula is C25H29N3O8S. The molecule has 0 bridgehead atoms. The fourth-order valence-electron chi connectivity index (χ4n) is 4.51. The number of rotatable bonds is 8. The van der Waals surface area contributed by atoms with E-state index in [0.717, 1.165) is 35.8 Å². The molecule has 0 spiro atoms. The summed E-state index contributed by atoms with van der Waals surface area (Å²) < 4.78 is 15.8. The van der Waals surface area contributed by atoms with E-state index in [1.54, 1.807) is 6.92 Å². The number of nitrogens with zero attached hydrogens (tertiary/aromatic N) is 2. The second-order valence-electron chi connectivity index (χ2n) is 8.96. The number of nitrogens with one attached hydrogen (secondary N) is 1. The number of hydrogen-bond donors (Lipinski definition) is 1. The van der Waals surface area contributed by atoms with Crippen LogP contribution >= 0.6 is 11.3 Å². The molecule has 1 fully saturated rings. The van der Waals surface area contributed by atoms with Gasteiger partial charge in [0.1, 0.15) is 5.00 Å². The number of carbonyl (C=O) groups excluding carboxylic acids is 3. The van der Waals surface area contributed by atoms with Crippen molar-refractivity contribution in [2.24, 2.45) is 5.92 Å². The van der Waals surface area contributed by atoms with Gasteiger partial charge in [-0.3, -0.25) is 14.9 Å². The van der Waals surface area contributed by atoms with E-state index in [2.05, 4.69) is 12.2 Å². The van der Waals surface area contributed by atoms with E-state index < -0.39 is 29.4 Å². The standard InChI is InChI=1S/C25H29N3O8S/c1-3-35-25(31)22-17-6-4-15(2)12-20(17)37-23(22)26-21(29)14-36-24(30)18-13-16(28(32)33)5-7-19(18)27-8-10-34-11-9-27/h5,7,13,15H,3-4,6,8-12,14H2,1-2H3,(H,26,29). The number of thiophene rings is 1. The lowest BCUT2D eigenvalue weighted by Crippen LogP contribution is -2.37. The molecule has 2 aliphatic rings. The van der Waals surface area contributed by atoms with Gasteiger partial charge in [0.05, 0.1) is 41.6 Å². The zero-order chi connectivity index (χ0) is 26.5. The number of nitro groups is 1. The fraction of sp³-hybridized carbons (Fsp3) is 0.480. The van der Waals surface area contributed by atoms with E-state index in [1.165, 1.54) is 23.5 Å². The lowest BCUT2D eigenvalue weighted by molar-refractivity contribution is -0.384. The second-order valence-corrected chi connectivity index (χ2v) is 10.1. The first-order valence-electron chi connectivity index (χ1n) is 12.2. The molecule has 11 nitrogen and oxygen atoms in total. The van der Waals surface area contributed by atoms with Crippen molar-refractivity contribution in [2.75, 3.05) is 49.7 Å². The Bertz CT molecular complexity index is 1200. The van der Waals surface area contributed by atoms with Gasteiger partial charge >= 0.3 is 11.9 Å². The monoisotopic (exact) mass is 531 g/mol. The molecule has 1 unspecified atom stereocenters. The van der Waals surface area contributed by atoms with Crippen LogP contribution in [0.1, 0.15) is 51.4 Å². The number of anilines is 2. The van der Waals surface area contributed by atoms with Crippen LogP contribution in [0.4, 0.5) is 16.4 Å². The molecule has 1 aliphatic carbocycles. The van der Waals surface area contributed by atoms with Crippen LogP contribution in [-0.4, -0.2) is 62.3 Å². The predicted molar refractivity (Wildman–Crippen MR) is 137 cm³/mol. The third kappa shape index (κ3) is 6.08. The number of ether oxygens (including phenoxy) is 3. The average molecular weight is 532 g/mol. The Balaban J connectivity index is 1.49. The Morgan fingerprint density at radius 2 is 1.97 bits per heavy atom. The van der Waals surface area contributed by atoms with Gasteiger partial charge in [-0.1, -0.05) is 6.92 Å². The van der Waals surface area contributed by atoms with Crippen molar-refractivity contribution in [3.8, 4) is 0 Å². The van der Waals surface area contributed by atoms with Crippen LogP contribution in [0.15, 0.2) is 18.2 Å². The molecule has 37 heavy (non-hydrogen) atoms. The molecule has 0 saturated carbocycles. The Hall–Kier alpha value is -3.51. The number of nitro benzene ring substituents is 1. The number of morpholine rings is 1. The highest BCUT2D eigenvalue weighted by Crippen LogP contribution is 2.40. The summed E-state index contributed by atoms with van der Waals surface area (Å²) >= 11 is 1.34. The van der Waals surface area contributed by atoms with Gasteiger partial charge in [0, 0.05) is 30.1 Å². The molecule has 2 heterocycles. The summed E-state index contributed by atoms with van der Waals surface area (Å²) in [5, 5.41) is 14.4. The fourth-order valence-corrected chi connectivity index (χ4v) is 5.93. The molecule has 1 aliphatic heterocycles. The summed E-state index contributed by atoms with van der Waals surface area (Å²) in [6.45, 7) is 5.39. The minimum absolute atomic E-state index is 0.00307. The Kier molecular flexibility index (Phi) is 8.39. The first kappa shape index (κ1) is 26.6. The van der Waals surface area contributed by atoms with Crippen LogP contribution in [0.2, 0.25) is 0 Å². The highest BCUT2D eigenvalue weighted by atomic mass is 32.1. The Morgan fingerprint density at radius 3 is 2.68 bits per heavy atom. The van der Waals surface area contributed by atoms with Gasteiger partial charge in [0.2, 0.25) is 0 Å². The van der Waals surface area contributed by atoms with Crippen molar-refractivity contribution in [2.45, 2.75) is 33.1 Å². The van der Waals surface area contributed by atoms with E-state index in [4.69, 9.17) is 14.2 Å². The molecule has 1 amide bonds. The lowest BCUT2D eigenvalue weighted by Gasteiger charge is -2.30. The van der Waals surface area contributed by atoms with Crippen molar-refractivity contribution in [3.63, 3.8) is 0 Å². The van der Waals surface area contributed by atoms with Gasteiger partial charge in [-0.2, -0.15) is 0 Å². The first-order valence-corrected chi connectivity index (χ1v) is 13.0. The van der Waals surface area contributed by atoms with E-state index >= 15 is 0 Å². The normalized spacial score (nSPS) is 17.0. The molecule has 0 radical (unpaired) electrons. The molecule has 1 aromatic heterocycles. The average Bonchev–Trinajstić information content (AvgIpc) is 3.24. The molecule has 1 saturated heterocycles. The van der Waals surface area contributed by atoms with Gasteiger partial charge in [-0.05, 0) is 43.7 Å². The SMILES string of the molecule is CCOC(=O)c1c(NC(=O)COC(=O)c2cc([N+](=O)[O-])ccc2N2CCOCC2)sc2c1CCC(C)C2. The summed E-state index contributed by atoms with van der Waals surface area (Å²) in [5.41, 5.74) is 1.48. The summed E-state index contributed by atoms with van der Waals surface area (Å²) in [5.74, 6) is -1.50. The molecule has 1 atom stereocenters. The highest BCUT2D eigenvalue weighted by Gasteiger charge is 2.30. The number of benzene rings is 1. The van der Waals surface area contributed by atoms with E-state index in [0.29, 0.717) is 48.5 Å². The van der Waals surface area contributed by atoms with Crippen LogP contribution in [-0.2, 0) is 31.8 Å². The van der Waals surface area contributed by atoms with Crippen LogP contribution in [0.25, 0.3) is 0 Å². The van der Waals surface area contributed by atoms with Gasteiger partial charge < -0.3 is 24.4 Å². The van der Waals surface area contributed by atoms with E-state index in [9.17, 15) is 24.5 Å². The molecule has 1 aromatic carbocycles. The Labute approximate surface area is 217 Å². The van der Waals surface area contributed by atoms with Crippen molar-refractivity contribution in [1.29, 1.82) is 0 Å². The highest BCUT2D eigenvalue weighted by molar-refractivity contribution is 7.17. The number of amides is 1. The number of carbonyl (C=O) groups is 3. The topological polar surface area (TPSA) is 137 Å². The second kappa shape index (κ2) is 11.7. The summed E-state index contributed by atoms with van der Waals surface area (Å²) in [6, 6.07) is 3.98. The quantitative estimate of drug-likeness (QED) is 0.308. The van der Waals surface area contributed by atoms with Gasteiger partial charge in [-0.25, -0.2) is 9.59 Å². The van der Waals surface area contributed by atoms with E-state index in [1.807, 2.05) is 4.90 Å². The minimum atomic E-state index is -0.856. The maximum atomic E-state index is 12.9.